The Bertz CT molecular complexity index is 3240. The lowest BCUT2D eigenvalue weighted by molar-refractivity contribution is 1.01. The molecule has 0 amide bonds. The van der Waals surface area contributed by atoms with Crippen molar-refractivity contribution in [3.8, 4) is 34.2 Å². The Hall–Kier alpha value is -7.77. The van der Waals surface area contributed by atoms with Gasteiger partial charge in [0.25, 0.3) is 0 Å². The molecule has 0 unspecified atom stereocenters. The molecule has 7 heteroatoms. The fourth-order valence-corrected chi connectivity index (χ4v) is 8.78. The monoisotopic (exact) mass is 769 g/mol. The Morgan fingerprint density at radius 2 is 0.733 bits per heavy atom. The van der Waals surface area contributed by atoms with Crippen LogP contribution in [0, 0.1) is 0 Å². The van der Waals surface area contributed by atoms with E-state index in [1.165, 1.54) is 11.1 Å². The van der Waals surface area contributed by atoms with Crippen molar-refractivity contribution < 1.29 is 0 Å². The van der Waals surface area contributed by atoms with Crippen LogP contribution in [0.25, 0.3) is 77.5 Å². The van der Waals surface area contributed by atoms with Gasteiger partial charge in [0.05, 0.1) is 22.4 Å². The smallest absolute Gasteiger partial charge is 0.164 e. The molecule has 60 heavy (non-hydrogen) atoms. The summed E-state index contributed by atoms with van der Waals surface area (Å²) >= 11 is 0. The normalized spacial score (nSPS) is 13.6. The van der Waals surface area contributed by atoms with Crippen molar-refractivity contribution in [2.75, 3.05) is 0 Å². The second kappa shape index (κ2) is 14.0. The average molecular weight is 770 g/mol. The van der Waals surface area contributed by atoms with Gasteiger partial charge >= 0.3 is 0 Å². The molecule has 0 atom stereocenters. The molecule has 0 saturated heterocycles. The minimum absolute atomic E-state index is 0.630. The second-order valence-electron chi connectivity index (χ2n) is 15.6. The van der Waals surface area contributed by atoms with Gasteiger partial charge in [0, 0.05) is 51.3 Å². The van der Waals surface area contributed by atoms with Crippen LogP contribution >= 0.6 is 0 Å². The van der Waals surface area contributed by atoms with E-state index in [4.69, 9.17) is 24.9 Å². The molecular formula is C53H35N7. The molecule has 0 radical (unpaired) electrons. The summed E-state index contributed by atoms with van der Waals surface area (Å²) in [5.41, 5.74) is 13.7. The number of pyridine rings is 2. The topological polar surface area (TPSA) is 89.2 Å². The third-order valence-electron chi connectivity index (χ3n) is 11.9. The summed E-state index contributed by atoms with van der Waals surface area (Å²) in [6.45, 7) is 0. The van der Waals surface area contributed by atoms with Crippen molar-refractivity contribution in [3.63, 3.8) is 0 Å². The van der Waals surface area contributed by atoms with Crippen LogP contribution in [0.15, 0.2) is 174 Å². The summed E-state index contributed by atoms with van der Waals surface area (Å²) in [5, 5.41) is 6.73. The average Bonchev–Trinajstić information content (AvgIpc) is 3.33. The van der Waals surface area contributed by atoms with Gasteiger partial charge < -0.3 is 0 Å². The maximum absolute atomic E-state index is 5.17. The molecule has 12 rings (SSSR count). The molecule has 282 valence electrons. The summed E-state index contributed by atoms with van der Waals surface area (Å²) in [4.78, 5) is 34.9. The number of nitrogens with zero attached hydrogens (tertiary/aromatic N) is 7. The largest absolute Gasteiger partial charge is 0.254 e. The van der Waals surface area contributed by atoms with Crippen LogP contribution in [-0.2, 0) is 12.8 Å². The molecule has 0 spiro atoms. The molecule has 0 bridgehead atoms. The lowest BCUT2D eigenvalue weighted by atomic mass is 9.94. The van der Waals surface area contributed by atoms with Crippen LogP contribution < -0.4 is 0 Å². The van der Waals surface area contributed by atoms with Crippen molar-refractivity contribution in [3.05, 3.63) is 186 Å². The number of hydrogen-bond acceptors (Lipinski definition) is 7. The van der Waals surface area contributed by atoms with Crippen LogP contribution in [0.1, 0.15) is 35.1 Å². The zero-order valence-corrected chi connectivity index (χ0v) is 32.5. The molecule has 10 aromatic rings. The molecule has 7 aromatic carbocycles. The highest BCUT2D eigenvalue weighted by molar-refractivity contribution is 6.09. The van der Waals surface area contributed by atoms with Gasteiger partial charge in [0.2, 0.25) is 0 Å². The molecule has 3 aromatic heterocycles. The quantitative estimate of drug-likeness (QED) is 0.174. The number of aliphatic imine (C=N–C) groups is 2. The van der Waals surface area contributed by atoms with Crippen LogP contribution in [0.5, 0.6) is 0 Å². The number of hydrogen-bond donors (Lipinski definition) is 0. The third kappa shape index (κ3) is 6.02. The van der Waals surface area contributed by atoms with Crippen LogP contribution in [0.2, 0.25) is 0 Å². The minimum atomic E-state index is 0.630. The summed E-state index contributed by atoms with van der Waals surface area (Å²) in [7, 11) is 0. The van der Waals surface area contributed by atoms with Gasteiger partial charge in [0.1, 0.15) is 0 Å². The Morgan fingerprint density at radius 3 is 1.22 bits per heavy atom. The van der Waals surface area contributed by atoms with Crippen LogP contribution in [0.3, 0.4) is 0 Å². The molecule has 2 aliphatic rings. The number of fused-ring (bicyclic) bond motifs is 8. The highest BCUT2D eigenvalue weighted by atomic mass is 15.0. The van der Waals surface area contributed by atoms with Crippen molar-refractivity contribution in [2.45, 2.75) is 25.7 Å². The first-order chi connectivity index (χ1) is 29.7. The Kier molecular flexibility index (Phi) is 7.98. The van der Waals surface area contributed by atoms with Crippen LogP contribution in [-0.4, -0.2) is 36.3 Å². The number of benzene rings is 7. The summed E-state index contributed by atoms with van der Waals surface area (Å²) in [6, 6.07) is 53.1. The van der Waals surface area contributed by atoms with E-state index in [2.05, 4.69) is 119 Å². The standard InChI is InChI=1S/C53H35N7/c1-2-6-36(7-3-1)51-58-52(43-20-16-37-28-41(18-14-39(37)30-43)45-24-22-34-12-10-32-8-4-26-54-47(32)49(34)56-45)60-53(59-51)44-21-17-38-29-42(19-15-40(38)31-44)46-25-23-35-13-11-33-9-5-27-55-48(33)50(35)57-46/h1-21,26-31H,22-25H2. The van der Waals surface area contributed by atoms with E-state index >= 15 is 0 Å². The summed E-state index contributed by atoms with van der Waals surface area (Å²) in [5.74, 6) is 1.90. The van der Waals surface area contributed by atoms with Crippen molar-refractivity contribution in [1.82, 2.24) is 24.9 Å². The summed E-state index contributed by atoms with van der Waals surface area (Å²) in [6.07, 6.45) is 7.37. The lowest BCUT2D eigenvalue weighted by Crippen LogP contribution is -2.08. The van der Waals surface area contributed by atoms with Gasteiger partial charge in [-0.2, -0.15) is 0 Å². The van der Waals surface area contributed by atoms with Gasteiger partial charge in [-0.15, -0.1) is 0 Å². The van der Waals surface area contributed by atoms with Gasteiger partial charge in [-0.1, -0.05) is 115 Å². The molecular weight excluding hydrogens is 735 g/mol. The second-order valence-corrected chi connectivity index (χ2v) is 15.6. The maximum atomic E-state index is 5.17. The minimum Gasteiger partial charge on any atom is -0.254 e. The lowest BCUT2D eigenvalue weighted by Gasteiger charge is -2.17. The highest BCUT2D eigenvalue weighted by Gasteiger charge is 2.20. The van der Waals surface area contributed by atoms with Crippen molar-refractivity contribution in [2.24, 2.45) is 9.98 Å². The maximum Gasteiger partial charge on any atom is 0.164 e. The molecule has 2 aliphatic heterocycles. The van der Waals surface area contributed by atoms with E-state index in [1.54, 1.807) is 0 Å². The first kappa shape index (κ1) is 34.3. The van der Waals surface area contributed by atoms with Crippen molar-refractivity contribution >= 4 is 66.1 Å². The fourth-order valence-electron chi connectivity index (χ4n) is 8.78. The van der Waals surface area contributed by atoms with Gasteiger partial charge in [-0.3, -0.25) is 20.0 Å². The van der Waals surface area contributed by atoms with Gasteiger partial charge in [-0.25, -0.2) is 15.0 Å². The Balaban J connectivity index is 0.891. The zero-order chi connectivity index (χ0) is 39.6. The number of aromatic nitrogens is 5. The third-order valence-corrected chi connectivity index (χ3v) is 11.9. The predicted molar refractivity (Wildman–Crippen MR) is 244 cm³/mol. The first-order valence-electron chi connectivity index (χ1n) is 20.5. The fraction of sp³-hybridized carbons (Fsp3) is 0.0755. The number of aryl methyl sites for hydroxylation is 2. The molecule has 0 fully saturated rings. The highest BCUT2D eigenvalue weighted by Crippen LogP contribution is 2.37. The molecule has 0 N–H and O–H groups in total. The van der Waals surface area contributed by atoms with E-state index in [1.807, 2.05) is 54.9 Å². The molecule has 0 saturated carbocycles. The van der Waals surface area contributed by atoms with Crippen LogP contribution in [0.4, 0.5) is 11.4 Å². The Labute approximate surface area is 346 Å². The summed E-state index contributed by atoms with van der Waals surface area (Å²) < 4.78 is 0. The van der Waals surface area contributed by atoms with E-state index < -0.39 is 0 Å². The van der Waals surface area contributed by atoms with Gasteiger partial charge in [0.15, 0.2) is 17.5 Å². The Morgan fingerprint density at radius 1 is 0.317 bits per heavy atom. The van der Waals surface area contributed by atoms with Crippen molar-refractivity contribution in [1.29, 1.82) is 0 Å². The molecule has 7 nitrogen and oxygen atoms in total. The number of rotatable bonds is 5. The molecule has 0 aliphatic carbocycles. The molecule has 5 heterocycles. The SMILES string of the molecule is c1ccc(-c2nc(-c3ccc4cc(C5=Nc6c(ccc7cccnc67)CC5)ccc4c3)nc(-c3ccc4cc(C5=Nc6c(ccc7cccnc67)CC5)ccc4c3)n2)cc1. The van der Waals surface area contributed by atoms with E-state index in [0.29, 0.717) is 17.5 Å². The van der Waals surface area contributed by atoms with Gasteiger partial charge in [-0.05, 0) is 106 Å². The zero-order valence-electron chi connectivity index (χ0n) is 32.5. The van der Waals surface area contributed by atoms with E-state index in [-0.39, 0.29) is 0 Å². The predicted octanol–water partition coefficient (Wildman–Crippen LogP) is 12.4. The van der Waals surface area contributed by atoms with E-state index in [9.17, 15) is 0 Å². The first-order valence-corrected chi connectivity index (χ1v) is 20.5. The van der Waals surface area contributed by atoms with E-state index in [0.717, 1.165) is 120 Å².